The molecule has 27 heavy (non-hydrogen) atoms. The van der Waals surface area contributed by atoms with Crippen LogP contribution in [-0.4, -0.2) is 69.1 Å². The lowest BCUT2D eigenvalue weighted by Gasteiger charge is -2.34. The van der Waals surface area contributed by atoms with Crippen molar-refractivity contribution in [3.8, 4) is 0 Å². The maximum Gasteiger partial charge on any atom is 0.411 e. The molecule has 1 aromatic rings. The summed E-state index contributed by atoms with van der Waals surface area (Å²) in [5, 5.41) is 0. The number of benzene rings is 1. The number of hydrogen-bond donors (Lipinski definition) is 0. The first-order chi connectivity index (χ1) is 12.5. The van der Waals surface area contributed by atoms with Crippen LogP contribution in [0.3, 0.4) is 0 Å². The van der Waals surface area contributed by atoms with Gasteiger partial charge in [0.25, 0.3) is 0 Å². The van der Waals surface area contributed by atoms with Crippen LogP contribution in [0.4, 0.5) is 13.2 Å². The molecule has 0 unspecified atom stereocenters. The molecular weight excluding hydrogens is 385 g/mol. The summed E-state index contributed by atoms with van der Waals surface area (Å²) < 4.78 is 67.1. The zero-order chi connectivity index (χ0) is 20.2. The number of alkyl halides is 3. The first-order valence-electron chi connectivity index (χ1n) is 8.53. The summed E-state index contributed by atoms with van der Waals surface area (Å²) in [6, 6.07) is 6.67. The van der Waals surface area contributed by atoms with Crippen molar-refractivity contribution in [2.75, 3.05) is 39.4 Å². The fourth-order valence-electron chi connectivity index (χ4n) is 2.70. The van der Waals surface area contributed by atoms with Crippen molar-refractivity contribution in [2.24, 2.45) is 0 Å². The minimum atomic E-state index is -4.49. The van der Waals surface area contributed by atoms with Crippen molar-refractivity contribution >= 4 is 15.9 Å². The lowest BCUT2D eigenvalue weighted by atomic mass is 10.0. The average Bonchev–Trinajstić information content (AvgIpc) is 2.60. The van der Waals surface area contributed by atoms with Crippen LogP contribution in [0.2, 0.25) is 0 Å². The molecule has 0 aliphatic carbocycles. The van der Waals surface area contributed by atoms with Crippen LogP contribution >= 0.6 is 0 Å². The number of hydrogen-bond acceptors (Lipinski definition) is 4. The Labute approximate surface area is 156 Å². The maximum atomic E-state index is 12.7. The number of amides is 1. The van der Waals surface area contributed by atoms with Gasteiger partial charge in [-0.3, -0.25) is 4.79 Å². The summed E-state index contributed by atoms with van der Waals surface area (Å²) in [6.07, 6.45) is -4.49. The standard InChI is InChI=1S/C17H23F3N2O4S/c1-13(2)14-3-5-15(6-4-14)27(24,25)22-9-7-21(8-10-22)16(23)11-26-12-17(18,19)20/h3-6,13H,7-12H2,1-2H3. The number of piperazine rings is 1. The molecule has 0 N–H and O–H groups in total. The highest BCUT2D eigenvalue weighted by atomic mass is 32.2. The molecule has 152 valence electrons. The Bertz CT molecular complexity index is 740. The number of sulfonamides is 1. The fraction of sp³-hybridized carbons (Fsp3) is 0.588. The molecule has 6 nitrogen and oxygen atoms in total. The summed E-state index contributed by atoms with van der Waals surface area (Å²) in [6.45, 7) is 2.24. The molecule has 10 heteroatoms. The van der Waals surface area contributed by atoms with Crippen molar-refractivity contribution in [3.63, 3.8) is 0 Å². The topological polar surface area (TPSA) is 66.9 Å². The molecule has 0 aromatic heterocycles. The van der Waals surface area contributed by atoms with E-state index in [-0.39, 0.29) is 37.0 Å². The normalized spacial score (nSPS) is 16.7. The van der Waals surface area contributed by atoms with E-state index in [1.54, 1.807) is 24.3 Å². The maximum absolute atomic E-state index is 12.7. The van der Waals surface area contributed by atoms with E-state index in [9.17, 15) is 26.4 Å². The van der Waals surface area contributed by atoms with Gasteiger partial charge in [-0.1, -0.05) is 26.0 Å². The molecule has 1 saturated heterocycles. The van der Waals surface area contributed by atoms with Crippen molar-refractivity contribution in [2.45, 2.75) is 30.8 Å². The van der Waals surface area contributed by atoms with Crippen LogP contribution in [0.5, 0.6) is 0 Å². The molecule has 1 amide bonds. The first kappa shape index (κ1) is 21.6. The van der Waals surface area contributed by atoms with Gasteiger partial charge in [0.2, 0.25) is 15.9 Å². The predicted molar refractivity (Wildman–Crippen MR) is 92.7 cm³/mol. The van der Waals surface area contributed by atoms with Gasteiger partial charge in [0.15, 0.2) is 0 Å². The van der Waals surface area contributed by atoms with Gasteiger partial charge in [-0.25, -0.2) is 8.42 Å². The summed E-state index contributed by atoms with van der Waals surface area (Å²) >= 11 is 0. The van der Waals surface area contributed by atoms with E-state index in [0.717, 1.165) is 5.56 Å². The van der Waals surface area contributed by atoms with Crippen molar-refractivity contribution in [3.05, 3.63) is 29.8 Å². The Kier molecular flexibility index (Phi) is 6.87. The number of nitrogens with zero attached hydrogens (tertiary/aromatic N) is 2. The molecule has 1 heterocycles. The van der Waals surface area contributed by atoms with E-state index in [4.69, 9.17) is 0 Å². The van der Waals surface area contributed by atoms with Crippen LogP contribution in [0.25, 0.3) is 0 Å². The molecule has 0 radical (unpaired) electrons. The molecule has 1 fully saturated rings. The number of carbonyl (C=O) groups is 1. The Morgan fingerprint density at radius 3 is 2.15 bits per heavy atom. The highest BCUT2D eigenvalue weighted by molar-refractivity contribution is 7.89. The molecule has 1 aromatic carbocycles. The molecule has 0 atom stereocenters. The zero-order valence-corrected chi connectivity index (χ0v) is 16.0. The Morgan fingerprint density at radius 2 is 1.67 bits per heavy atom. The Morgan fingerprint density at radius 1 is 1.11 bits per heavy atom. The van der Waals surface area contributed by atoms with Gasteiger partial charge >= 0.3 is 6.18 Å². The summed E-state index contributed by atoms with van der Waals surface area (Å²) in [5.41, 5.74) is 1.03. The third-order valence-electron chi connectivity index (χ3n) is 4.27. The monoisotopic (exact) mass is 408 g/mol. The number of halogens is 3. The van der Waals surface area contributed by atoms with Gasteiger partial charge in [-0.05, 0) is 23.6 Å². The van der Waals surface area contributed by atoms with Crippen LogP contribution in [0, 0.1) is 0 Å². The summed E-state index contributed by atoms with van der Waals surface area (Å²) in [5.74, 6) is -0.298. The second-order valence-electron chi connectivity index (χ2n) is 6.62. The van der Waals surface area contributed by atoms with E-state index < -0.39 is 35.3 Å². The number of rotatable bonds is 6. The molecule has 0 saturated carbocycles. The van der Waals surface area contributed by atoms with Crippen molar-refractivity contribution in [1.82, 2.24) is 9.21 Å². The van der Waals surface area contributed by atoms with Gasteiger partial charge in [0.05, 0.1) is 4.90 Å². The highest BCUT2D eigenvalue weighted by Gasteiger charge is 2.31. The largest absolute Gasteiger partial charge is 0.411 e. The number of ether oxygens (including phenoxy) is 1. The van der Waals surface area contributed by atoms with E-state index in [1.165, 1.54) is 9.21 Å². The summed E-state index contributed by atoms with van der Waals surface area (Å²) in [7, 11) is -3.67. The molecular formula is C17H23F3N2O4S. The Balaban J connectivity index is 1.91. The minimum Gasteiger partial charge on any atom is -0.362 e. The molecule has 0 spiro atoms. The van der Waals surface area contributed by atoms with Gasteiger partial charge in [0.1, 0.15) is 13.2 Å². The average molecular weight is 408 g/mol. The van der Waals surface area contributed by atoms with Gasteiger partial charge in [-0.2, -0.15) is 17.5 Å². The van der Waals surface area contributed by atoms with Gasteiger partial charge in [-0.15, -0.1) is 0 Å². The van der Waals surface area contributed by atoms with Gasteiger partial charge in [0, 0.05) is 26.2 Å². The zero-order valence-electron chi connectivity index (χ0n) is 15.2. The van der Waals surface area contributed by atoms with E-state index in [0.29, 0.717) is 0 Å². The molecule has 0 bridgehead atoms. The highest BCUT2D eigenvalue weighted by Crippen LogP contribution is 2.21. The summed E-state index contributed by atoms with van der Waals surface area (Å²) in [4.78, 5) is 13.4. The smallest absolute Gasteiger partial charge is 0.362 e. The minimum absolute atomic E-state index is 0.0826. The van der Waals surface area contributed by atoms with Crippen molar-refractivity contribution < 1.29 is 31.1 Å². The van der Waals surface area contributed by atoms with Crippen LogP contribution in [0.1, 0.15) is 25.3 Å². The van der Waals surface area contributed by atoms with E-state index >= 15 is 0 Å². The van der Waals surface area contributed by atoms with Crippen LogP contribution in [-0.2, 0) is 19.6 Å². The quantitative estimate of drug-likeness (QED) is 0.724. The van der Waals surface area contributed by atoms with Crippen LogP contribution in [0.15, 0.2) is 29.2 Å². The van der Waals surface area contributed by atoms with Gasteiger partial charge < -0.3 is 9.64 Å². The van der Waals surface area contributed by atoms with E-state index in [1.807, 2.05) is 13.8 Å². The number of carbonyl (C=O) groups excluding carboxylic acids is 1. The molecule has 2 rings (SSSR count). The lowest BCUT2D eigenvalue weighted by Crippen LogP contribution is -2.51. The first-order valence-corrected chi connectivity index (χ1v) is 9.97. The SMILES string of the molecule is CC(C)c1ccc(S(=O)(=O)N2CCN(C(=O)COCC(F)(F)F)CC2)cc1. The Hall–Kier alpha value is -1.65. The second kappa shape index (κ2) is 8.57. The molecule has 1 aliphatic heterocycles. The lowest BCUT2D eigenvalue weighted by molar-refractivity contribution is -0.178. The molecule has 1 aliphatic rings. The van der Waals surface area contributed by atoms with E-state index in [2.05, 4.69) is 4.74 Å². The third kappa shape index (κ3) is 5.91. The predicted octanol–water partition coefficient (Wildman–Crippen LogP) is 2.22. The fourth-order valence-corrected chi connectivity index (χ4v) is 4.12. The van der Waals surface area contributed by atoms with Crippen LogP contribution < -0.4 is 0 Å². The van der Waals surface area contributed by atoms with Crippen molar-refractivity contribution in [1.29, 1.82) is 0 Å². The second-order valence-corrected chi connectivity index (χ2v) is 8.55. The third-order valence-corrected chi connectivity index (χ3v) is 6.18.